The zero-order valence-corrected chi connectivity index (χ0v) is 16.7. The lowest BCUT2D eigenvalue weighted by molar-refractivity contribution is -0.122. The van der Waals surface area contributed by atoms with E-state index in [0.717, 1.165) is 11.1 Å². The van der Waals surface area contributed by atoms with Crippen LogP contribution in [0.15, 0.2) is 42.5 Å². The quantitative estimate of drug-likeness (QED) is 0.797. The van der Waals surface area contributed by atoms with Gasteiger partial charge in [-0.3, -0.25) is 9.59 Å². The molecule has 0 radical (unpaired) electrons. The number of rotatable bonds is 7. The van der Waals surface area contributed by atoms with Crippen LogP contribution in [-0.4, -0.2) is 35.9 Å². The van der Waals surface area contributed by atoms with Crippen molar-refractivity contribution in [1.82, 2.24) is 4.90 Å². The highest BCUT2D eigenvalue weighted by Crippen LogP contribution is 2.22. The van der Waals surface area contributed by atoms with Crippen molar-refractivity contribution < 1.29 is 14.3 Å². The van der Waals surface area contributed by atoms with Crippen LogP contribution in [0.1, 0.15) is 42.3 Å². The standard InChI is InChI=1S/C22H28N2O3/c1-6-24(7-2)22(26)18-10-8-9-11-19(18)23-21(25)17(5)27-20-14-15(3)12-13-16(20)4/h8-14,17H,6-7H2,1-5H3,(H,23,25)/t17-/m1/s1. The van der Waals surface area contributed by atoms with Gasteiger partial charge in [0, 0.05) is 13.1 Å². The lowest BCUT2D eigenvalue weighted by atomic mass is 10.1. The predicted molar refractivity (Wildman–Crippen MR) is 108 cm³/mol. The van der Waals surface area contributed by atoms with Crippen molar-refractivity contribution in [2.45, 2.75) is 40.7 Å². The molecular formula is C22H28N2O3. The van der Waals surface area contributed by atoms with Gasteiger partial charge in [-0.05, 0) is 63.9 Å². The number of carbonyl (C=O) groups excluding carboxylic acids is 2. The van der Waals surface area contributed by atoms with Crippen LogP contribution in [-0.2, 0) is 4.79 Å². The molecule has 0 bridgehead atoms. The van der Waals surface area contributed by atoms with Gasteiger partial charge in [-0.15, -0.1) is 0 Å². The number of anilines is 1. The molecule has 2 aromatic carbocycles. The third-order valence-electron chi connectivity index (χ3n) is 4.48. The molecule has 5 nitrogen and oxygen atoms in total. The van der Waals surface area contributed by atoms with Crippen LogP contribution in [0.4, 0.5) is 5.69 Å². The molecule has 0 aromatic heterocycles. The number of para-hydroxylation sites is 1. The van der Waals surface area contributed by atoms with E-state index in [0.29, 0.717) is 30.1 Å². The van der Waals surface area contributed by atoms with Crippen LogP contribution in [0.25, 0.3) is 0 Å². The molecule has 27 heavy (non-hydrogen) atoms. The summed E-state index contributed by atoms with van der Waals surface area (Å²) in [6.45, 7) is 10.7. The van der Waals surface area contributed by atoms with Crippen LogP contribution < -0.4 is 10.1 Å². The Kier molecular flexibility index (Phi) is 6.99. The van der Waals surface area contributed by atoms with Crippen molar-refractivity contribution in [3.8, 4) is 5.75 Å². The highest BCUT2D eigenvalue weighted by Gasteiger charge is 2.21. The summed E-state index contributed by atoms with van der Waals surface area (Å²) >= 11 is 0. The second-order valence-corrected chi connectivity index (χ2v) is 6.54. The lowest BCUT2D eigenvalue weighted by Crippen LogP contribution is -2.33. The maximum Gasteiger partial charge on any atom is 0.265 e. The van der Waals surface area contributed by atoms with Crippen molar-refractivity contribution in [2.24, 2.45) is 0 Å². The van der Waals surface area contributed by atoms with Gasteiger partial charge in [0.05, 0.1) is 11.3 Å². The number of benzene rings is 2. The van der Waals surface area contributed by atoms with E-state index in [1.54, 1.807) is 36.1 Å². The highest BCUT2D eigenvalue weighted by atomic mass is 16.5. The summed E-state index contributed by atoms with van der Waals surface area (Å²) in [5.41, 5.74) is 3.01. The molecule has 2 rings (SSSR count). The fourth-order valence-electron chi connectivity index (χ4n) is 2.77. The molecule has 0 heterocycles. The number of nitrogens with zero attached hydrogens (tertiary/aromatic N) is 1. The van der Waals surface area contributed by atoms with Crippen molar-refractivity contribution in [3.05, 3.63) is 59.2 Å². The molecule has 0 saturated carbocycles. The number of hydrogen-bond donors (Lipinski definition) is 1. The van der Waals surface area contributed by atoms with Crippen molar-refractivity contribution >= 4 is 17.5 Å². The minimum Gasteiger partial charge on any atom is -0.481 e. The minimum atomic E-state index is -0.692. The van der Waals surface area contributed by atoms with E-state index in [9.17, 15) is 9.59 Å². The van der Waals surface area contributed by atoms with Crippen molar-refractivity contribution in [3.63, 3.8) is 0 Å². The summed E-state index contributed by atoms with van der Waals surface area (Å²) in [7, 11) is 0. The second-order valence-electron chi connectivity index (χ2n) is 6.54. The molecule has 0 unspecified atom stereocenters. The number of amides is 2. The minimum absolute atomic E-state index is 0.0981. The van der Waals surface area contributed by atoms with E-state index in [4.69, 9.17) is 4.74 Å². The topological polar surface area (TPSA) is 58.6 Å². The molecule has 0 fully saturated rings. The summed E-state index contributed by atoms with van der Waals surface area (Å²) < 4.78 is 5.84. The summed E-state index contributed by atoms with van der Waals surface area (Å²) in [5, 5.41) is 2.84. The Labute approximate surface area is 161 Å². The van der Waals surface area contributed by atoms with Gasteiger partial charge in [-0.25, -0.2) is 0 Å². The van der Waals surface area contributed by atoms with Crippen molar-refractivity contribution in [1.29, 1.82) is 0 Å². The fraction of sp³-hybridized carbons (Fsp3) is 0.364. The Bertz CT molecular complexity index is 813. The third kappa shape index (κ3) is 5.09. The molecule has 1 N–H and O–H groups in total. The first-order valence-corrected chi connectivity index (χ1v) is 9.30. The molecule has 0 spiro atoms. The average Bonchev–Trinajstić information content (AvgIpc) is 2.66. The zero-order chi connectivity index (χ0) is 20.0. The highest BCUT2D eigenvalue weighted by molar-refractivity contribution is 6.04. The smallest absolute Gasteiger partial charge is 0.265 e. The molecule has 0 saturated heterocycles. The van der Waals surface area contributed by atoms with Gasteiger partial charge in [0.15, 0.2) is 6.10 Å². The van der Waals surface area contributed by atoms with Crippen LogP contribution in [0.3, 0.4) is 0 Å². The van der Waals surface area contributed by atoms with Gasteiger partial charge in [0.2, 0.25) is 0 Å². The maximum atomic E-state index is 12.7. The van der Waals surface area contributed by atoms with Crippen molar-refractivity contribution in [2.75, 3.05) is 18.4 Å². The average molecular weight is 368 g/mol. The Morgan fingerprint density at radius 3 is 2.41 bits per heavy atom. The first-order valence-electron chi connectivity index (χ1n) is 9.30. The van der Waals surface area contributed by atoms with Gasteiger partial charge in [-0.1, -0.05) is 24.3 Å². The molecule has 0 aliphatic rings. The number of hydrogen-bond acceptors (Lipinski definition) is 3. The van der Waals surface area contributed by atoms with E-state index in [1.165, 1.54) is 0 Å². The molecule has 1 atom stereocenters. The predicted octanol–water partition coefficient (Wildman–Crippen LogP) is 4.19. The molecule has 0 aliphatic heterocycles. The summed E-state index contributed by atoms with van der Waals surface area (Å²) in [4.78, 5) is 27.1. The molecule has 144 valence electrons. The number of nitrogens with one attached hydrogen (secondary N) is 1. The van der Waals surface area contributed by atoms with E-state index in [2.05, 4.69) is 5.32 Å². The molecule has 5 heteroatoms. The largest absolute Gasteiger partial charge is 0.481 e. The Morgan fingerprint density at radius 1 is 1.07 bits per heavy atom. The van der Waals surface area contributed by atoms with Crippen LogP contribution >= 0.6 is 0 Å². The number of ether oxygens (including phenoxy) is 1. The number of aryl methyl sites for hydroxylation is 2. The van der Waals surface area contributed by atoms with Gasteiger partial charge in [-0.2, -0.15) is 0 Å². The van der Waals surface area contributed by atoms with Crippen LogP contribution in [0, 0.1) is 13.8 Å². The SMILES string of the molecule is CCN(CC)C(=O)c1ccccc1NC(=O)[C@@H](C)Oc1cc(C)ccc1C. The maximum absolute atomic E-state index is 12.7. The summed E-state index contributed by atoms with van der Waals surface area (Å²) in [5.74, 6) is 0.292. The first kappa shape index (κ1) is 20.5. The Morgan fingerprint density at radius 2 is 1.74 bits per heavy atom. The van der Waals surface area contributed by atoms with Crippen LogP contribution in [0.2, 0.25) is 0 Å². The summed E-state index contributed by atoms with van der Waals surface area (Å²) in [6, 6.07) is 12.9. The Hall–Kier alpha value is -2.82. The molecule has 2 aromatic rings. The number of carbonyl (C=O) groups is 2. The molecule has 2 amide bonds. The van der Waals surface area contributed by atoms with E-state index >= 15 is 0 Å². The van der Waals surface area contributed by atoms with Gasteiger partial charge >= 0.3 is 0 Å². The van der Waals surface area contributed by atoms with Gasteiger partial charge < -0.3 is 15.0 Å². The van der Waals surface area contributed by atoms with Gasteiger partial charge in [0.25, 0.3) is 11.8 Å². The molecule has 0 aliphatic carbocycles. The van der Waals surface area contributed by atoms with E-state index in [-0.39, 0.29) is 11.8 Å². The summed E-state index contributed by atoms with van der Waals surface area (Å²) in [6.07, 6.45) is -0.692. The zero-order valence-electron chi connectivity index (χ0n) is 16.7. The second kappa shape index (κ2) is 9.21. The van der Waals surface area contributed by atoms with Crippen LogP contribution in [0.5, 0.6) is 5.75 Å². The first-order chi connectivity index (χ1) is 12.9. The van der Waals surface area contributed by atoms with Gasteiger partial charge in [0.1, 0.15) is 5.75 Å². The normalized spacial score (nSPS) is 11.6. The third-order valence-corrected chi connectivity index (χ3v) is 4.48. The van der Waals surface area contributed by atoms with E-state index in [1.807, 2.05) is 45.9 Å². The molecular weight excluding hydrogens is 340 g/mol. The Balaban J connectivity index is 2.16. The fourth-order valence-corrected chi connectivity index (χ4v) is 2.77. The monoisotopic (exact) mass is 368 g/mol. The lowest BCUT2D eigenvalue weighted by Gasteiger charge is -2.21. The van der Waals surface area contributed by atoms with E-state index < -0.39 is 6.10 Å².